The fourth-order valence-electron chi connectivity index (χ4n) is 5.47. The zero-order valence-corrected chi connectivity index (χ0v) is 22.3. The molecule has 204 valence electrons. The zero-order chi connectivity index (χ0) is 27.8. The van der Waals surface area contributed by atoms with Gasteiger partial charge in [0.2, 0.25) is 0 Å². The predicted molar refractivity (Wildman–Crippen MR) is 140 cm³/mol. The minimum atomic E-state index is -4.66. The molecule has 0 spiro atoms. The Hall–Kier alpha value is -3.32. The number of aryl methyl sites for hydroxylation is 1. The summed E-state index contributed by atoms with van der Waals surface area (Å²) in [5, 5.41) is 4.73. The molecule has 0 unspecified atom stereocenters. The molecule has 0 bridgehead atoms. The first kappa shape index (κ1) is 27.7. The average Bonchev–Trinajstić information content (AvgIpc) is 3.32. The summed E-state index contributed by atoms with van der Waals surface area (Å²) in [6.07, 6.45) is -1.44. The second kappa shape index (κ2) is 10.8. The normalized spacial score (nSPS) is 19.4. The van der Waals surface area contributed by atoms with Gasteiger partial charge >= 0.3 is 6.18 Å². The van der Waals surface area contributed by atoms with Gasteiger partial charge in [-0.05, 0) is 44.4 Å². The van der Waals surface area contributed by atoms with E-state index >= 15 is 0 Å². The van der Waals surface area contributed by atoms with E-state index in [1.54, 1.807) is 36.2 Å². The molecule has 6 nitrogen and oxygen atoms in total. The Morgan fingerprint density at radius 1 is 1.13 bits per heavy atom. The summed E-state index contributed by atoms with van der Waals surface area (Å²) in [4.78, 5) is 17.2. The Bertz CT molecular complexity index is 1430. The average molecular weight is 532 g/mol. The number of fused-ring (bicyclic) bond motifs is 1. The molecular formula is C28H33F4N5O. The van der Waals surface area contributed by atoms with E-state index in [9.17, 15) is 22.4 Å². The van der Waals surface area contributed by atoms with Gasteiger partial charge in [0.05, 0.1) is 23.0 Å². The molecule has 1 aromatic carbocycles. The molecule has 1 aliphatic rings. The van der Waals surface area contributed by atoms with E-state index in [0.717, 1.165) is 11.8 Å². The highest BCUT2D eigenvalue weighted by Gasteiger charge is 2.40. The third-order valence-corrected chi connectivity index (χ3v) is 7.61. The summed E-state index contributed by atoms with van der Waals surface area (Å²) in [5.41, 5.74) is 1.08. The van der Waals surface area contributed by atoms with Crippen molar-refractivity contribution < 1.29 is 17.6 Å². The maximum Gasteiger partial charge on any atom is 0.416 e. The molecule has 0 amide bonds. The quantitative estimate of drug-likeness (QED) is 0.318. The van der Waals surface area contributed by atoms with E-state index in [0.29, 0.717) is 49.6 Å². The molecule has 0 N–H and O–H groups in total. The van der Waals surface area contributed by atoms with Crippen LogP contribution >= 0.6 is 0 Å². The summed E-state index contributed by atoms with van der Waals surface area (Å²) in [6, 6.07) is 3.78. The lowest BCUT2D eigenvalue weighted by Crippen LogP contribution is -2.59. The number of piperazine rings is 1. The molecule has 38 heavy (non-hydrogen) atoms. The van der Waals surface area contributed by atoms with Crippen LogP contribution in [0.2, 0.25) is 0 Å². The second-order valence-corrected chi connectivity index (χ2v) is 9.79. The van der Waals surface area contributed by atoms with Crippen LogP contribution in [0.25, 0.3) is 11.0 Å². The highest BCUT2D eigenvalue weighted by Crippen LogP contribution is 2.39. The number of hydrogen-bond donors (Lipinski definition) is 0. The molecule has 0 aliphatic carbocycles. The summed E-state index contributed by atoms with van der Waals surface area (Å²) in [6.45, 7) is 8.94. The molecule has 3 atom stereocenters. The van der Waals surface area contributed by atoms with Crippen molar-refractivity contribution in [2.75, 3.05) is 18.0 Å². The maximum atomic E-state index is 13.8. The van der Waals surface area contributed by atoms with Gasteiger partial charge in [-0.3, -0.25) is 14.4 Å². The highest BCUT2D eigenvalue weighted by molar-refractivity contribution is 5.88. The number of aromatic nitrogens is 3. The molecule has 3 heterocycles. The van der Waals surface area contributed by atoms with Crippen LogP contribution in [-0.2, 0) is 19.8 Å². The van der Waals surface area contributed by atoms with Crippen LogP contribution in [0.5, 0.6) is 0 Å². The van der Waals surface area contributed by atoms with Crippen molar-refractivity contribution in [3.8, 4) is 11.8 Å². The lowest BCUT2D eigenvalue weighted by atomic mass is 9.94. The van der Waals surface area contributed by atoms with E-state index in [-0.39, 0.29) is 23.2 Å². The van der Waals surface area contributed by atoms with Gasteiger partial charge in [0, 0.05) is 44.3 Å². The molecule has 1 saturated heterocycles. The van der Waals surface area contributed by atoms with Crippen LogP contribution < -0.4 is 10.5 Å². The van der Waals surface area contributed by atoms with Gasteiger partial charge in [-0.2, -0.15) is 18.3 Å². The van der Waals surface area contributed by atoms with Crippen LogP contribution in [-0.4, -0.2) is 44.4 Å². The van der Waals surface area contributed by atoms with E-state index in [1.165, 1.54) is 6.07 Å². The molecule has 10 heteroatoms. The van der Waals surface area contributed by atoms with Gasteiger partial charge in [-0.1, -0.05) is 25.8 Å². The van der Waals surface area contributed by atoms with E-state index in [2.05, 4.69) is 21.6 Å². The molecule has 0 radical (unpaired) electrons. The Morgan fingerprint density at radius 3 is 2.47 bits per heavy atom. The molecule has 1 aliphatic heterocycles. The Kier molecular flexibility index (Phi) is 7.88. The van der Waals surface area contributed by atoms with Gasteiger partial charge in [-0.15, -0.1) is 5.92 Å². The number of halogens is 4. The Labute approximate surface area is 219 Å². The van der Waals surface area contributed by atoms with Gasteiger partial charge in [0.25, 0.3) is 5.56 Å². The van der Waals surface area contributed by atoms with Crippen LogP contribution in [0.15, 0.2) is 35.3 Å². The predicted octanol–water partition coefficient (Wildman–Crippen LogP) is 5.36. The van der Waals surface area contributed by atoms with Gasteiger partial charge in [0.15, 0.2) is 0 Å². The third-order valence-electron chi connectivity index (χ3n) is 7.61. The van der Waals surface area contributed by atoms with Gasteiger partial charge in [-0.25, -0.2) is 4.39 Å². The smallest absolute Gasteiger partial charge is 0.364 e. The first-order valence-corrected chi connectivity index (χ1v) is 12.9. The lowest BCUT2D eigenvalue weighted by molar-refractivity contribution is -0.139. The second-order valence-electron chi connectivity index (χ2n) is 9.79. The number of rotatable bonds is 6. The Morgan fingerprint density at radius 2 is 1.84 bits per heavy atom. The van der Waals surface area contributed by atoms with Crippen LogP contribution in [0.4, 0.5) is 23.2 Å². The highest BCUT2D eigenvalue weighted by atomic mass is 19.4. The van der Waals surface area contributed by atoms with Crippen LogP contribution in [0.1, 0.15) is 57.7 Å². The van der Waals surface area contributed by atoms with Crippen molar-refractivity contribution in [2.45, 2.75) is 71.4 Å². The third kappa shape index (κ3) is 5.17. The van der Waals surface area contributed by atoms with E-state index in [4.69, 9.17) is 5.10 Å². The van der Waals surface area contributed by atoms with Crippen molar-refractivity contribution in [1.82, 2.24) is 19.2 Å². The van der Waals surface area contributed by atoms with E-state index < -0.39 is 23.6 Å². The molecule has 3 aromatic rings. The van der Waals surface area contributed by atoms with Crippen molar-refractivity contribution in [3.05, 3.63) is 57.8 Å². The minimum absolute atomic E-state index is 0.0624. The monoisotopic (exact) mass is 531 g/mol. The van der Waals surface area contributed by atoms with Crippen molar-refractivity contribution >= 4 is 16.7 Å². The molecule has 2 aromatic heterocycles. The molecule has 0 saturated carbocycles. The first-order valence-electron chi connectivity index (χ1n) is 12.9. The van der Waals surface area contributed by atoms with Crippen molar-refractivity contribution in [2.24, 2.45) is 7.05 Å². The SMILES string of the molecule is CC#CCn1cc2c(n1)c(N1C[C@@H](CC)N([C@@H](C)c3ccc(F)cc3C(F)(F)F)C[C@@H]1CC)cc(=O)n2C. The number of pyridine rings is 1. The largest absolute Gasteiger partial charge is 0.416 e. The molecular weight excluding hydrogens is 498 g/mol. The minimum Gasteiger partial charge on any atom is -0.364 e. The van der Waals surface area contributed by atoms with Gasteiger partial charge < -0.3 is 9.47 Å². The Balaban J connectivity index is 1.74. The van der Waals surface area contributed by atoms with E-state index in [1.807, 2.05) is 20.0 Å². The summed E-state index contributed by atoms with van der Waals surface area (Å²) in [5.74, 6) is 4.93. The topological polar surface area (TPSA) is 46.3 Å². The number of hydrogen-bond acceptors (Lipinski definition) is 4. The summed E-state index contributed by atoms with van der Waals surface area (Å²) < 4.78 is 58.5. The fraction of sp³-hybridized carbons (Fsp3) is 0.500. The van der Waals surface area contributed by atoms with Gasteiger partial charge in [0.1, 0.15) is 17.9 Å². The fourth-order valence-corrected chi connectivity index (χ4v) is 5.47. The molecule has 1 fully saturated rings. The number of nitrogens with zero attached hydrogens (tertiary/aromatic N) is 5. The van der Waals surface area contributed by atoms with Crippen molar-refractivity contribution in [1.29, 1.82) is 0 Å². The van der Waals surface area contributed by atoms with Crippen LogP contribution in [0, 0.1) is 17.7 Å². The maximum absolute atomic E-state index is 13.8. The summed E-state index contributed by atoms with van der Waals surface area (Å²) >= 11 is 0. The number of benzene rings is 1. The standard InChI is InChI=1S/C28H33F4N5O/c1-6-9-12-35-17-25-27(33-35)24(14-26(38)34(25)5)37-16-20(7-2)36(15-21(37)8-3)18(4)22-11-10-19(29)13-23(22)28(30,31)32/h10-11,13-14,17-18,20-21H,7-8,12,15-16H2,1-5H3/t18-,20+,21-/m0/s1. The molecule has 4 rings (SSSR count). The number of alkyl halides is 3. The zero-order valence-electron chi connectivity index (χ0n) is 22.3. The lowest BCUT2D eigenvalue weighted by Gasteiger charge is -2.49. The first-order chi connectivity index (χ1) is 18.0. The van der Waals surface area contributed by atoms with Crippen molar-refractivity contribution in [3.63, 3.8) is 0 Å². The number of anilines is 1. The summed E-state index contributed by atoms with van der Waals surface area (Å²) in [7, 11) is 1.71. The van der Waals surface area contributed by atoms with Crippen LogP contribution in [0.3, 0.4) is 0 Å².